The van der Waals surface area contributed by atoms with Crippen molar-refractivity contribution in [3.05, 3.63) is 34.9 Å². The second-order valence-electron chi connectivity index (χ2n) is 4.26. The number of ketones is 1. The van der Waals surface area contributed by atoms with Gasteiger partial charge < -0.3 is 9.47 Å². The van der Waals surface area contributed by atoms with Crippen LogP contribution in [0.3, 0.4) is 0 Å². The lowest BCUT2D eigenvalue weighted by molar-refractivity contribution is -0.167. The summed E-state index contributed by atoms with van der Waals surface area (Å²) in [7, 11) is 0. The molecular weight excluding hydrogens is 228 g/mol. The normalized spacial score (nSPS) is 10.9. The van der Waals surface area contributed by atoms with Gasteiger partial charge in [0.1, 0.15) is 0 Å². The minimum absolute atomic E-state index is 0.0175. The molecule has 18 heavy (non-hydrogen) atoms. The topological polar surface area (TPSA) is 35.5 Å². The molecule has 100 valence electrons. The van der Waals surface area contributed by atoms with Crippen molar-refractivity contribution in [3.8, 4) is 0 Å². The van der Waals surface area contributed by atoms with Gasteiger partial charge in [0, 0.05) is 19.6 Å². The number of hydrogen-bond acceptors (Lipinski definition) is 3. The molecule has 0 unspecified atom stereocenters. The Morgan fingerprint density at radius 3 is 2.06 bits per heavy atom. The number of carbonyl (C=O) groups excluding carboxylic acids is 1. The summed E-state index contributed by atoms with van der Waals surface area (Å²) in [6.45, 7) is 8.71. The molecule has 0 aliphatic rings. The lowest BCUT2D eigenvalue weighted by Crippen LogP contribution is -2.29. The number of carbonyl (C=O) groups is 1. The summed E-state index contributed by atoms with van der Waals surface area (Å²) in [5.41, 5.74) is 3.34. The maximum Gasteiger partial charge on any atom is 0.218 e. The van der Waals surface area contributed by atoms with Gasteiger partial charge in [-0.2, -0.15) is 0 Å². The van der Waals surface area contributed by atoms with Crippen LogP contribution in [0.15, 0.2) is 18.2 Å². The minimum Gasteiger partial charge on any atom is -0.346 e. The first-order chi connectivity index (χ1) is 8.60. The van der Waals surface area contributed by atoms with Crippen LogP contribution in [-0.4, -0.2) is 25.3 Å². The Balaban J connectivity index is 2.79. The van der Waals surface area contributed by atoms with Crippen molar-refractivity contribution >= 4 is 5.78 Å². The van der Waals surface area contributed by atoms with Gasteiger partial charge in [0.25, 0.3) is 0 Å². The van der Waals surface area contributed by atoms with E-state index in [0.29, 0.717) is 19.6 Å². The molecule has 0 spiro atoms. The number of hydrogen-bond donors (Lipinski definition) is 0. The van der Waals surface area contributed by atoms with Gasteiger partial charge in [-0.25, -0.2) is 0 Å². The molecule has 0 N–H and O–H groups in total. The van der Waals surface area contributed by atoms with Crippen LogP contribution in [0.1, 0.15) is 30.5 Å². The van der Waals surface area contributed by atoms with Crippen LogP contribution in [-0.2, 0) is 20.7 Å². The van der Waals surface area contributed by atoms with E-state index in [9.17, 15) is 4.79 Å². The van der Waals surface area contributed by atoms with E-state index in [1.54, 1.807) is 0 Å². The van der Waals surface area contributed by atoms with Crippen molar-refractivity contribution in [1.82, 2.24) is 0 Å². The molecule has 0 atom stereocenters. The number of Topliss-reactive ketones (excluding diaryl/α,β-unsaturated/α-hetero) is 1. The predicted molar refractivity (Wildman–Crippen MR) is 71.7 cm³/mol. The van der Waals surface area contributed by atoms with Gasteiger partial charge in [0.2, 0.25) is 6.29 Å². The molecule has 0 heterocycles. The molecule has 1 rings (SSSR count). The molecule has 0 fully saturated rings. The highest BCUT2D eigenvalue weighted by Gasteiger charge is 2.20. The van der Waals surface area contributed by atoms with Crippen molar-refractivity contribution in [2.45, 2.75) is 40.4 Å². The number of benzene rings is 1. The van der Waals surface area contributed by atoms with Crippen molar-refractivity contribution < 1.29 is 14.3 Å². The Kier molecular flexibility index (Phi) is 6.02. The van der Waals surface area contributed by atoms with E-state index in [1.807, 2.05) is 45.9 Å². The monoisotopic (exact) mass is 250 g/mol. The molecule has 1 aromatic carbocycles. The van der Waals surface area contributed by atoms with Crippen LogP contribution in [0.5, 0.6) is 0 Å². The van der Waals surface area contributed by atoms with Gasteiger partial charge >= 0.3 is 0 Å². The Bertz CT molecular complexity index is 372. The fraction of sp³-hybridized carbons (Fsp3) is 0.533. The molecule has 0 saturated heterocycles. The van der Waals surface area contributed by atoms with Gasteiger partial charge in [-0.15, -0.1) is 0 Å². The molecule has 1 aromatic rings. The highest BCUT2D eigenvalue weighted by Crippen LogP contribution is 2.15. The molecular formula is C15H22O3. The van der Waals surface area contributed by atoms with E-state index < -0.39 is 6.29 Å². The van der Waals surface area contributed by atoms with E-state index >= 15 is 0 Å². The van der Waals surface area contributed by atoms with Gasteiger partial charge in [-0.05, 0) is 44.4 Å². The number of rotatable bonds is 7. The van der Waals surface area contributed by atoms with Gasteiger partial charge in [-0.3, -0.25) is 4.79 Å². The summed E-state index contributed by atoms with van der Waals surface area (Å²) in [6, 6.07) is 6.04. The average Bonchev–Trinajstić information content (AvgIpc) is 2.33. The summed E-state index contributed by atoms with van der Waals surface area (Å²) < 4.78 is 10.6. The van der Waals surface area contributed by atoms with E-state index in [1.165, 1.54) is 0 Å². The maximum atomic E-state index is 12.1. The van der Waals surface area contributed by atoms with Gasteiger partial charge in [0.05, 0.1) is 0 Å². The first-order valence-corrected chi connectivity index (χ1v) is 6.41. The fourth-order valence-electron chi connectivity index (χ4n) is 1.92. The Hall–Kier alpha value is -1.19. The Morgan fingerprint density at radius 2 is 1.61 bits per heavy atom. The van der Waals surface area contributed by atoms with Gasteiger partial charge in [-0.1, -0.05) is 18.2 Å². The summed E-state index contributed by atoms with van der Waals surface area (Å²) in [5.74, 6) is -0.0175. The van der Waals surface area contributed by atoms with Crippen LogP contribution in [0.4, 0.5) is 0 Å². The van der Waals surface area contributed by atoms with E-state index in [2.05, 4.69) is 0 Å². The third kappa shape index (κ3) is 3.93. The fourth-order valence-corrected chi connectivity index (χ4v) is 1.92. The molecule has 0 radical (unpaired) electrons. The predicted octanol–water partition coefficient (Wildman–Crippen LogP) is 2.81. The SMILES string of the molecule is CCOC(OCC)C(=O)Cc1c(C)cccc1C. The highest BCUT2D eigenvalue weighted by molar-refractivity contribution is 5.84. The quantitative estimate of drug-likeness (QED) is 0.698. The standard InChI is InChI=1S/C15H22O3/c1-5-17-15(18-6-2)14(16)10-13-11(3)8-7-9-12(13)4/h7-9,15H,5-6,10H2,1-4H3. The lowest BCUT2D eigenvalue weighted by atomic mass is 9.98. The molecule has 0 saturated carbocycles. The average molecular weight is 250 g/mol. The Labute approximate surface area is 109 Å². The van der Waals surface area contributed by atoms with Gasteiger partial charge in [0.15, 0.2) is 5.78 Å². The van der Waals surface area contributed by atoms with Crippen LogP contribution in [0, 0.1) is 13.8 Å². The molecule has 0 aromatic heterocycles. The lowest BCUT2D eigenvalue weighted by Gasteiger charge is -2.17. The molecule has 3 heteroatoms. The highest BCUT2D eigenvalue weighted by atomic mass is 16.7. The van der Waals surface area contributed by atoms with E-state index in [-0.39, 0.29) is 5.78 Å². The van der Waals surface area contributed by atoms with Crippen molar-refractivity contribution in [2.75, 3.05) is 13.2 Å². The van der Waals surface area contributed by atoms with E-state index in [4.69, 9.17) is 9.47 Å². The minimum atomic E-state index is -0.737. The Morgan fingerprint density at radius 1 is 1.11 bits per heavy atom. The molecule has 0 amide bonds. The van der Waals surface area contributed by atoms with Crippen molar-refractivity contribution in [3.63, 3.8) is 0 Å². The summed E-state index contributed by atoms with van der Waals surface area (Å²) in [4.78, 5) is 12.1. The zero-order valence-electron chi connectivity index (χ0n) is 11.7. The smallest absolute Gasteiger partial charge is 0.218 e. The first kappa shape index (κ1) is 14.9. The second kappa shape index (κ2) is 7.29. The third-order valence-electron chi connectivity index (χ3n) is 2.89. The zero-order chi connectivity index (χ0) is 13.5. The number of ether oxygens (including phenoxy) is 2. The summed E-state index contributed by atoms with van der Waals surface area (Å²) >= 11 is 0. The molecule has 3 nitrogen and oxygen atoms in total. The molecule has 0 bridgehead atoms. The van der Waals surface area contributed by atoms with Crippen LogP contribution in [0.25, 0.3) is 0 Å². The van der Waals surface area contributed by atoms with Crippen LogP contribution < -0.4 is 0 Å². The largest absolute Gasteiger partial charge is 0.346 e. The molecule has 0 aliphatic heterocycles. The van der Waals surface area contributed by atoms with E-state index in [0.717, 1.165) is 16.7 Å². The van der Waals surface area contributed by atoms with Crippen LogP contribution in [0.2, 0.25) is 0 Å². The number of aryl methyl sites for hydroxylation is 2. The van der Waals surface area contributed by atoms with Crippen molar-refractivity contribution in [2.24, 2.45) is 0 Å². The zero-order valence-corrected chi connectivity index (χ0v) is 11.7. The van der Waals surface area contributed by atoms with Crippen molar-refractivity contribution in [1.29, 1.82) is 0 Å². The summed E-state index contributed by atoms with van der Waals surface area (Å²) in [6.07, 6.45) is -0.373. The third-order valence-corrected chi connectivity index (χ3v) is 2.89. The first-order valence-electron chi connectivity index (χ1n) is 6.41. The maximum absolute atomic E-state index is 12.1. The summed E-state index contributed by atoms with van der Waals surface area (Å²) in [5, 5.41) is 0. The molecule has 0 aliphatic carbocycles. The second-order valence-corrected chi connectivity index (χ2v) is 4.26. The van der Waals surface area contributed by atoms with Crippen LogP contribution >= 0.6 is 0 Å².